The number of hydrogen-bond acceptors (Lipinski definition) is 1. The summed E-state index contributed by atoms with van der Waals surface area (Å²) in [6.45, 7) is 0. The van der Waals surface area contributed by atoms with E-state index in [0.29, 0.717) is 6.20 Å². The molecule has 66 valence electrons. The number of hydrogen-bond donors (Lipinski definition) is 0. The van der Waals surface area contributed by atoms with E-state index in [4.69, 9.17) is 11.6 Å². The summed E-state index contributed by atoms with van der Waals surface area (Å²) in [6, 6.07) is 0. The number of alkyl halides is 2. The topological polar surface area (TPSA) is 12.9 Å². The van der Waals surface area contributed by atoms with E-state index in [0.717, 1.165) is 0 Å². The Bertz CT molecular complexity index is 302. The Labute approximate surface area is 70.0 Å². The van der Waals surface area contributed by atoms with Crippen molar-refractivity contribution in [3.8, 4) is 0 Å². The molecule has 0 N–H and O–H groups in total. The first-order chi connectivity index (χ1) is 5.54. The molecule has 1 rings (SSSR count). The lowest BCUT2D eigenvalue weighted by molar-refractivity contribution is 0.144. The molecule has 0 aromatic carbocycles. The first-order valence-corrected chi connectivity index (χ1v) is 3.19. The molecule has 0 unspecified atom stereocenters. The lowest BCUT2D eigenvalue weighted by Crippen LogP contribution is -1.98. The fourth-order valence-corrected chi connectivity index (χ4v) is 0.854. The Morgan fingerprint density at radius 3 is 2.33 bits per heavy atom. The number of aromatic nitrogens is 1. The molecule has 12 heavy (non-hydrogen) atoms. The number of rotatable bonds is 1. The van der Waals surface area contributed by atoms with Crippen LogP contribution in [-0.2, 0) is 0 Å². The van der Waals surface area contributed by atoms with Crippen molar-refractivity contribution in [2.45, 2.75) is 6.43 Å². The lowest BCUT2D eigenvalue weighted by Gasteiger charge is -2.03. The fraction of sp³-hybridized carbons (Fsp3) is 0.167. The van der Waals surface area contributed by atoms with Crippen LogP contribution in [0.15, 0.2) is 6.20 Å². The van der Waals surface area contributed by atoms with Crippen LogP contribution in [0.4, 0.5) is 17.6 Å². The van der Waals surface area contributed by atoms with E-state index in [1.807, 2.05) is 0 Å². The summed E-state index contributed by atoms with van der Waals surface area (Å²) in [5, 5.41) is -0.919. The molecule has 0 atom stereocenters. The third-order valence-electron chi connectivity index (χ3n) is 1.18. The predicted octanol–water partition coefficient (Wildman–Crippen LogP) is 2.95. The second-order valence-electron chi connectivity index (χ2n) is 1.93. The molecule has 1 nitrogen and oxygen atoms in total. The first kappa shape index (κ1) is 9.25. The van der Waals surface area contributed by atoms with Gasteiger partial charge in [-0.3, -0.25) is 0 Å². The maximum atomic E-state index is 12.4. The fourth-order valence-electron chi connectivity index (χ4n) is 0.645. The van der Waals surface area contributed by atoms with Crippen molar-refractivity contribution < 1.29 is 17.6 Å². The van der Waals surface area contributed by atoms with Gasteiger partial charge in [-0.2, -0.15) is 4.39 Å². The third-order valence-corrected chi connectivity index (χ3v) is 1.56. The Hall–Kier alpha value is -0.840. The zero-order valence-electron chi connectivity index (χ0n) is 5.49. The highest BCUT2D eigenvalue weighted by atomic mass is 35.5. The SMILES string of the molecule is Fc1cnc(F)c(C(F)F)c1Cl. The molecule has 1 aromatic rings. The molecule has 0 aliphatic rings. The van der Waals surface area contributed by atoms with Gasteiger partial charge < -0.3 is 0 Å². The zero-order chi connectivity index (χ0) is 9.30. The molecule has 0 radical (unpaired) electrons. The molecule has 6 heteroatoms. The molecule has 0 fully saturated rings. The molecule has 0 amide bonds. The second kappa shape index (κ2) is 3.26. The number of nitrogens with zero attached hydrogens (tertiary/aromatic N) is 1. The summed E-state index contributed by atoms with van der Waals surface area (Å²) in [5.74, 6) is -2.61. The van der Waals surface area contributed by atoms with Crippen molar-refractivity contribution in [3.63, 3.8) is 0 Å². The van der Waals surface area contributed by atoms with Crippen LogP contribution in [0.25, 0.3) is 0 Å². The summed E-state index contributed by atoms with van der Waals surface area (Å²) in [7, 11) is 0. The van der Waals surface area contributed by atoms with Crippen molar-refractivity contribution >= 4 is 11.6 Å². The van der Waals surface area contributed by atoms with Gasteiger partial charge in [-0.25, -0.2) is 18.2 Å². The Morgan fingerprint density at radius 2 is 1.92 bits per heavy atom. The average Bonchev–Trinajstić information content (AvgIpc) is 1.97. The predicted molar refractivity (Wildman–Crippen MR) is 34.1 cm³/mol. The minimum atomic E-state index is -3.17. The van der Waals surface area contributed by atoms with Crippen LogP contribution in [0, 0.1) is 11.8 Å². The monoisotopic (exact) mass is 199 g/mol. The quantitative estimate of drug-likeness (QED) is 0.501. The molecule has 1 aromatic heterocycles. The van der Waals surface area contributed by atoms with E-state index < -0.39 is 28.8 Å². The smallest absolute Gasteiger partial charge is 0.225 e. The van der Waals surface area contributed by atoms with E-state index in [2.05, 4.69) is 4.98 Å². The molecule has 0 saturated heterocycles. The number of pyridine rings is 1. The second-order valence-corrected chi connectivity index (χ2v) is 2.30. The summed E-state index contributed by atoms with van der Waals surface area (Å²) >= 11 is 5.06. The van der Waals surface area contributed by atoms with Gasteiger partial charge in [0.05, 0.1) is 16.8 Å². The maximum absolute atomic E-state index is 12.4. The molecular weight excluding hydrogens is 198 g/mol. The van der Waals surface area contributed by atoms with Gasteiger partial charge in [0.15, 0.2) is 5.82 Å². The van der Waals surface area contributed by atoms with Gasteiger partial charge in [-0.15, -0.1) is 0 Å². The molecular formula is C6H2ClF4N. The zero-order valence-corrected chi connectivity index (χ0v) is 6.25. The van der Waals surface area contributed by atoms with Gasteiger partial charge in [-0.05, 0) is 0 Å². The van der Waals surface area contributed by atoms with Gasteiger partial charge in [0, 0.05) is 0 Å². The first-order valence-electron chi connectivity index (χ1n) is 2.81. The minimum Gasteiger partial charge on any atom is -0.225 e. The molecule has 1 heterocycles. The van der Waals surface area contributed by atoms with E-state index >= 15 is 0 Å². The van der Waals surface area contributed by atoms with E-state index in [-0.39, 0.29) is 0 Å². The van der Waals surface area contributed by atoms with E-state index in [1.54, 1.807) is 0 Å². The normalized spacial score (nSPS) is 10.8. The van der Waals surface area contributed by atoms with Gasteiger partial charge in [0.25, 0.3) is 6.43 Å². The highest BCUT2D eigenvalue weighted by Gasteiger charge is 2.21. The molecule has 0 bridgehead atoms. The average molecular weight is 200 g/mol. The molecule has 0 aliphatic carbocycles. The van der Waals surface area contributed by atoms with Crippen LogP contribution >= 0.6 is 11.6 Å². The van der Waals surface area contributed by atoms with Crippen molar-refractivity contribution in [1.29, 1.82) is 0 Å². The van der Waals surface area contributed by atoms with Crippen LogP contribution in [0.3, 0.4) is 0 Å². The van der Waals surface area contributed by atoms with Crippen LogP contribution in [0.1, 0.15) is 12.0 Å². The van der Waals surface area contributed by atoms with Gasteiger partial charge in [-0.1, -0.05) is 11.6 Å². The van der Waals surface area contributed by atoms with Crippen LogP contribution in [0.2, 0.25) is 5.02 Å². The maximum Gasteiger partial charge on any atom is 0.269 e. The van der Waals surface area contributed by atoms with Gasteiger partial charge in [0.2, 0.25) is 5.95 Å². The van der Waals surface area contributed by atoms with Crippen LogP contribution in [0.5, 0.6) is 0 Å². The summed E-state index contributed by atoms with van der Waals surface area (Å²) in [4.78, 5) is 2.75. The van der Waals surface area contributed by atoms with Crippen molar-refractivity contribution in [2.75, 3.05) is 0 Å². The summed E-state index contributed by atoms with van der Waals surface area (Å²) in [6.07, 6.45) is -2.72. The summed E-state index contributed by atoms with van der Waals surface area (Å²) < 4.78 is 48.7. The van der Waals surface area contributed by atoms with Crippen LogP contribution < -0.4 is 0 Å². The lowest BCUT2D eigenvalue weighted by atomic mass is 10.3. The number of halogens is 5. The van der Waals surface area contributed by atoms with Gasteiger partial charge >= 0.3 is 0 Å². The highest BCUT2D eigenvalue weighted by molar-refractivity contribution is 6.31. The molecule has 0 aliphatic heterocycles. The van der Waals surface area contributed by atoms with Gasteiger partial charge in [0.1, 0.15) is 0 Å². The third kappa shape index (κ3) is 1.50. The van der Waals surface area contributed by atoms with Crippen LogP contribution in [-0.4, -0.2) is 4.98 Å². The summed E-state index contributed by atoms with van der Waals surface area (Å²) in [5.41, 5.74) is -1.20. The molecule has 0 spiro atoms. The minimum absolute atomic E-state index is 0.448. The Morgan fingerprint density at radius 1 is 1.33 bits per heavy atom. The highest BCUT2D eigenvalue weighted by Crippen LogP contribution is 2.29. The van der Waals surface area contributed by atoms with Crippen molar-refractivity contribution in [1.82, 2.24) is 4.98 Å². The Balaban J connectivity index is 3.33. The van der Waals surface area contributed by atoms with Crippen molar-refractivity contribution in [2.24, 2.45) is 0 Å². The van der Waals surface area contributed by atoms with Crippen molar-refractivity contribution in [3.05, 3.63) is 28.5 Å². The standard InChI is InChI=1S/C6H2ClF4N/c7-4-2(8)1-12-6(11)3(4)5(9)10/h1,5H. The van der Waals surface area contributed by atoms with E-state index in [1.165, 1.54) is 0 Å². The van der Waals surface area contributed by atoms with E-state index in [9.17, 15) is 17.6 Å². The largest absolute Gasteiger partial charge is 0.269 e. The Kier molecular flexibility index (Phi) is 2.52. The molecule has 0 saturated carbocycles.